The number of H-pyrrole nitrogens is 1. The van der Waals surface area contributed by atoms with Gasteiger partial charge in [-0.05, 0) is 32.0 Å². The van der Waals surface area contributed by atoms with Crippen LogP contribution in [0.15, 0.2) is 59.4 Å². The van der Waals surface area contributed by atoms with Crippen LogP contribution < -0.4 is 5.56 Å². The minimum atomic E-state index is -0.363. The van der Waals surface area contributed by atoms with Gasteiger partial charge in [-0.25, -0.2) is 9.37 Å². The molecule has 3 aromatic heterocycles. The third kappa shape index (κ3) is 2.77. The second kappa shape index (κ2) is 6.19. The summed E-state index contributed by atoms with van der Waals surface area (Å²) in [5.41, 5.74) is 3.92. The average Bonchev–Trinajstić information content (AvgIpc) is 2.64. The number of fused-ring (bicyclic) bond motifs is 1. The largest absolute Gasteiger partial charge is 0.307 e. The van der Waals surface area contributed by atoms with Gasteiger partial charge in [-0.1, -0.05) is 30.3 Å². The Balaban J connectivity index is 2.11. The number of benzene rings is 1. The van der Waals surface area contributed by atoms with Gasteiger partial charge in [-0.15, -0.1) is 0 Å². The Labute approximate surface area is 149 Å². The number of hydrogen-bond donors (Lipinski definition) is 1. The van der Waals surface area contributed by atoms with E-state index in [1.54, 1.807) is 19.1 Å². The van der Waals surface area contributed by atoms with Crippen molar-refractivity contribution in [2.45, 2.75) is 13.8 Å². The third-order valence-electron chi connectivity index (χ3n) is 4.30. The van der Waals surface area contributed by atoms with Crippen molar-refractivity contribution in [1.29, 1.82) is 0 Å². The molecule has 0 bridgehead atoms. The van der Waals surface area contributed by atoms with Crippen LogP contribution >= 0.6 is 0 Å². The zero-order chi connectivity index (χ0) is 18.3. The first-order chi connectivity index (χ1) is 12.5. The molecule has 0 unspecified atom stereocenters. The van der Waals surface area contributed by atoms with E-state index in [9.17, 15) is 9.18 Å². The Morgan fingerprint density at radius 2 is 1.69 bits per heavy atom. The molecule has 128 valence electrons. The van der Waals surface area contributed by atoms with Gasteiger partial charge in [0, 0.05) is 33.8 Å². The Kier molecular flexibility index (Phi) is 3.84. The van der Waals surface area contributed by atoms with Gasteiger partial charge in [0.1, 0.15) is 5.65 Å². The van der Waals surface area contributed by atoms with Crippen LogP contribution in [0.4, 0.5) is 4.39 Å². The molecule has 1 N–H and O–H groups in total. The van der Waals surface area contributed by atoms with Gasteiger partial charge in [0.05, 0.1) is 11.4 Å². The first-order valence-electron chi connectivity index (χ1n) is 8.26. The minimum absolute atomic E-state index is 0.224. The molecule has 0 aliphatic heterocycles. The molecule has 4 rings (SSSR count). The number of aromatic amines is 1. The Hall–Kier alpha value is -3.34. The zero-order valence-corrected chi connectivity index (χ0v) is 14.4. The van der Waals surface area contributed by atoms with Crippen molar-refractivity contribution in [1.82, 2.24) is 15.0 Å². The molecule has 4 nitrogen and oxygen atoms in total. The fraction of sp³-hybridized carbons (Fsp3) is 0.0952. The van der Waals surface area contributed by atoms with Crippen LogP contribution in [-0.4, -0.2) is 15.0 Å². The maximum atomic E-state index is 14.9. The number of nitrogens with one attached hydrogen (secondary N) is 1. The smallest absolute Gasteiger partial charge is 0.249 e. The van der Waals surface area contributed by atoms with E-state index in [-0.39, 0.29) is 11.4 Å². The lowest BCUT2D eigenvalue weighted by molar-refractivity contribution is 0.612. The second-order valence-electron chi connectivity index (χ2n) is 6.22. The Morgan fingerprint density at radius 3 is 2.46 bits per heavy atom. The second-order valence-corrected chi connectivity index (χ2v) is 6.22. The van der Waals surface area contributed by atoms with E-state index < -0.39 is 0 Å². The van der Waals surface area contributed by atoms with Crippen LogP contribution in [0.3, 0.4) is 0 Å². The average molecular weight is 345 g/mol. The molecular formula is C21H16FN3O. The van der Waals surface area contributed by atoms with Gasteiger partial charge >= 0.3 is 0 Å². The van der Waals surface area contributed by atoms with Gasteiger partial charge in [0.2, 0.25) is 5.56 Å². The molecule has 0 fully saturated rings. The van der Waals surface area contributed by atoms with Crippen molar-refractivity contribution < 1.29 is 4.39 Å². The highest BCUT2D eigenvalue weighted by Crippen LogP contribution is 2.35. The summed E-state index contributed by atoms with van der Waals surface area (Å²) in [6, 6.07) is 16.3. The number of aromatic nitrogens is 3. The monoisotopic (exact) mass is 345 g/mol. The van der Waals surface area contributed by atoms with Crippen molar-refractivity contribution in [2.75, 3.05) is 0 Å². The summed E-state index contributed by atoms with van der Waals surface area (Å²) in [5, 5.41) is 0.741. The number of nitrogens with zero attached hydrogens (tertiary/aromatic N) is 2. The number of aryl methyl sites for hydroxylation is 2. The van der Waals surface area contributed by atoms with E-state index in [0.717, 1.165) is 16.6 Å². The lowest BCUT2D eigenvalue weighted by Gasteiger charge is -2.13. The molecule has 0 spiro atoms. The van der Waals surface area contributed by atoms with Crippen LogP contribution in [0.1, 0.15) is 11.4 Å². The lowest BCUT2D eigenvalue weighted by atomic mass is 9.97. The van der Waals surface area contributed by atoms with Gasteiger partial charge < -0.3 is 4.98 Å². The normalized spacial score (nSPS) is 11.0. The van der Waals surface area contributed by atoms with Crippen LogP contribution in [0.25, 0.3) is 33.4 Å². The van der Waals surface area contributed by atoms with E-state index in [0.29, 0.717) is 28.2 Å². The SMILES string of the molecule is Cc1cc(-c2cc3ccc(=O)[nH]c3nc2-c2ccccc2)c(F)c(C)n1. The van der Waals surface area contributed by atoms with E-state index in [4.69, 9.17) is 0 Å². The summed E-state index contributed by atoms with van der Waals surface area (Å²) in [4.78, 5) is 23.2. The summed E-state index contributed by atoms with van der Waals surface area (Å²) in [7, 11) is 0. The summed E-state index contributed by atoms with van der Waals surface area (Å²) < 4.78 is 14.9. The summed E-state index contributed by atoms with van der Waals surface area (Å²) >= 11 is 0. The van der Waals surface area contributed by atoms with Crippen molar-refractivity contribution >= 4 is 11.0 Å². The van der Waals surface area contributed by atoms with Crippen LogP contribution in [0.5, 0.6) is 0 Å². The fourth-order valence-electron chi connectivity index (χ4n) is 3.11. The van der Waals surface area contributed by atoms with Crippen molar-refractivity contribution in [3.05, 3.63) is 82.2 Å². The van der Waals surface area contributed by atoms with E-state index in [1.165, 1.54) is 6.07 Å². The highest BCUT2D eigenvalue weighted by atomic mass is 19.1. The van der Waals surface area contributed by atoms with Gasteiger partial charge in [0.15, 0.2) is 5.82 Å². The molecular weight excluding hydrogens is 329 g/mol. The van der Waals surface area contributed by atoms with E-state index in [1.807, 2.05) is 43.3 Å². The number of halogens is 1. The highest BCUT2D eigenvalue weighted by Gasteiger charge is 2.17. The molecule has 5 heteroatoms. The molecule has 4 aromatic rings. The van der Waals surface area contributed by atoms with Crippen LogP contribution in [-0.2, 0) is 0 Å². The van der Waals surface area contributed by atoms with E-state index in [2.05, 4.69) is 15.0 Å². The number of pyridine rings is 3. The maximum Gasteiger partial charge on any atom is 0.249 e. The molecule has 0 atom stereocenters. The predicted octanol–water partition coefficient (Wildman–Crippen LogP) is 4.41. The molecule has 3 heterocycles. The van der Waals surface area contributed by atoms with Crippen LogP contribution in [0.2, 0.25) is 0 Å². The standard InChI is InChI=1S/C21H16FN3O/c1-12-10-16(19(22)13(2)23-12)17-11-15-8-9-18(26)24-21(15)25-20(17)14-6-4-3-5-7-14/h3-11H,1-2H3,(H,24,25,26). The molecule has 26 heavy (non-hydrogen) atoms. The summed E-state index contributed by atoms with van der Waals surface area (Å²) in [6.07, 6.45) is 0. The lowest BCUT2D eigenvalue weighted by Crippen LogP contribution is -2.05. The molecule has 0 amide bonds. The van der Waals surface area contributed by atoms with Gasteiger partial charge in [0.25, 0.3) is 0 Å². The van der Waals surface area contributed by atoms with Gasteiger partial charge in [-0.2, -0.15) is 0 Å². The molecule has 1 aromatic carbocycles. The molecule has 0 aliphatic carbocycles. The molecule has 0 saturated heterocycles. The first-order valence-corrected chi connectivity index (χ1v) is 8.26. The van der Waals surface area contributed by atoms with E-state index >= 15 is 0 Å². The summed E-state index contributed by atoms with van der Waals surface area (Å²) in [5.74, 6) is -0.363. The molecule has 0 saturated carbocycles. The fourth-order valence-corrected chi connectivity index (χ4v) is 3.11. The number of hydrogen-bond acceptors (Lipinski definition) is 3. The van der Waals surface area contributed by atoms with Crippen LogP contribution in [0, 0.1) is 19.7 Å². The topological polar surface area (TPSA) is 58.6 Å². The highest BCUT2D eigenvalue weighted by molar-refractivity contribution is 5.90. The minimum Gasteiger partial charge on any atom is -0.307 e. The first kappa shape index (κ1) is 16.1. The zero-order valence-electron chi connectivity index (χ0n) is 14.4. The van der Waals surface area contributed by atoms with Crippen molar-refractivity contribution in [3.8, 4) is 22.4 Å². The Bertz CT molecular complexity index is 1180. The predicted molar refractivity (Wildman–Crippen MR) is 100 cm³/mol. The molecule has 0 aliphatic rings. The van der Waals surface area contributed by atoms with Gasteiger partial charge in [-0.3, -0.25) is 9.78 Å². The quantitative estimate of drug-likeness (QED) is 0.585. The molecule has 0 radical (unpaired) electrons. The summed E-state index contributed by atoms with van der Waals surface area (Å²) in [6.45, 7) is 3.49. The third-order valence-corrected chi connectivity index (χ3v) is 4.30. The van der Waals surface area contributed by atoms with Crippen molar-refractivity contribution in [2.24, 2.45) is 0 Å². The Morgan fingerprint density at radius 1 is 0.923 bits per heavy atom. The van der Waals surface area contributed by atoms with Crippen molar-refractivity contribution in [3.63, 3.8) is 0 Å². The maximum absolute atomic E-state index is 14.9. The number of rotatable bonds is 2.